The lowest BCUT2D eigenvalue weighted by molar-refractivity contribution is 0.0913. The number of sulfonamides is 1. The number of nitrogens with one attached hydrogen (secondary N) is 1. The van der Waals surface area contributed by atoms with Crippen LogP contribution in [0.2, 0.25) is 0 Å². The number of benzene rings is 2. The van der Waals surface area contributed by atoms with Crippen LogP contribution < -0.4 is 5.32 Å². The third kappa shape index (κ3) is 4.93. The summed E-state index contributed by atoms with van der Waals surface area (Å²) >= 11 is 0. The molecule has 0 spiro atoms. The Bertz CT molecular complexity index is 886. The number of carbonyl (C=O) groups is 1. The first-order chi connectivity index (χ1) is 12.0. The highest BCUT2D eigenvalue weighted by molar-refractivity contribution is 7.89. The van der Waals surface area contributed by atoms with Crippen LogP contribution in [-0.2, 0) is 16.4 Å². The molecule has 0 aliphatic carbocycles. The largest absolute Gasteiger partial charge is 0.347 e. The van der Waals surface area contributed by atoms with Crippen molar-refractivity contribution in [3.8, 4) is 0 Å². The minimum Gasteiger partial charge on any atom is -0.347 e. The second kappa shape index (κ2) is 7.60. The standard InChI is InChI=1S/C20H26N2O3S/c1-15-9-11-16(12-10-15)14-20(2,3)21-19(23)17-7-6-8-18(13-17)26(24,25)22(4)5/h6-13H,14H2,1-5H3,(H,21,23). The highest BCUT2D eigenvalue weighted by Gasteiger charge is 2.23. The predicted molar refractivity (Wildman–Crippen MR) is 104 cm³/mol. The van der Waals surface area contributed by atoms with E-state index in [-0.39, 0.29) is 10.8 Å². The summed E-state index contributed by atoms with van der Waals surface area (Å²) in [4.78, 5) is 12.7. The molecule has 0 radical (unpaired) electrons. The van der Waals surface area contributed by atoms with Crippen molar-refractivity contribution in [2.45, 2.75) is 37.6 Å². The van der Waals surface area contributed by atoms with Crippen LogP contribution in [-0.4, -0.2) is 38.3 Å². The van der Waals surface area contributed by atoms with Gasteiger partial charge in [0.25, 0.3) is 5.91 Å². The molecule has 0 saturated carbocycles. The van der Waals surface area contributed by atoms with E-state index in [0.717, 1.165) is 9.87 Å². The number of amides is 1. The fourth-order valence-corrected chi connectivity index (χ4v) is 3.60. The maximum atomic E-state index is 12.6. The number of nitrogens with zero attached hydrogens (tertiary/aromatic N) is 1. The SMILES string of the molecule is Cc1ccc(CC(C)(C)NC(=O)c2cccc(S(=O)(=O)N(C)C)c2)cc1. The average Bonchev–Trinajstić information content (AvgIpc) is 2.56. The van der Waals surface area contributed by atoms with Crippen molar-refractivity contribution in [2.75, 3.05) is 14.1 Å². The lowest BCUT2D eigenvalue weighted by atomic mass is 9.94. The molecule has 140 valence electrons. The summed E-state index contributed by atoms with van der Waals surface area (Å²) in [7, 11) is -0.646. The van der Waals surface area contributed by atoms with Gasteiger partial charge in [-0.1, -0.05) is 35.9 Å². The monoisotopic (exact) mass is 374 g/mol. The van der Waals surface area contributed by atoms with Gasteiger partial charge >= 0.3 is 0 Å². The second-order valence-electron chi connectivity index (χ2n) is 7.32. The molecule has 2 rings (SSSR count). The summed E-state index contributed by atoms with van der Waals surface area (Å²) in [6.45, 7) is 5.93. The third-order valence-corrected chi connectivity index (χ3v) is 5.90. The topological polar surface area (TPSA) is 66.5 Å². The van der Waals surface area contributed by atoms with E-state index < -0.39 is 15.6 Å². The summed E-state index contributed by atoms with van der Waals surface area (Å²) in [6.07, 6.45) is 0.675. The second-order valence-corrected chi connectivity index (χ2v) is 9.47. The third-order valence-electron chi connectivity index (χ3n) is 4.09. The Hall–Kier alpha value is -2.18. The summed E-state index contributed by atoms with van der Waals surface area (Å²) in [5.74, 6) is -0.294. The highest BCUT2D eigenvalue weighted by Crippen LogP contribution is 2.17. The number of hydrogen-bond donors (Lipinski definition) is 1. The lowest BCUT2D eigenvalue weighted by Crippen LogP contribution is -2.45. The molecule has 2 aromatic rings. The van der Waals surface area contributed by atoms with E-state index in [1.54, 1.807) is 12.1 Å². The molecule has 26 heavy (non-hydrogen) atoms. The number of rotatable bonds is 6. The van der Waals surface area contributed by atoms with Gasteiger partial charge in [0.05, 0.1) is 4.90 Å². The number of hydrogen-bond acceptors (Lipinski definition) is 3. The van der Waals surface area contributed by atoms with Crippen molar-refractivity contribution >= 4 is 15.9 Å². The van der Waals surface area contributed by atoms with Gasteiger partial charge in [0.15, 0.2) is 0 Å². The smallest absolute Gasteiger partial charge is 0.251 e. The van der Waals surface area contributed by atoms with Gasteiger partial charge in [-0.05, 0) is 51.0 Å². The van der Waals surface area contributed by atoms with E-state index >= 15 is 0 Å². The first-order valence-corrected chi connectivity index (χ1v) is 9.86. The molecule has 0 bridgehead atoms. The molecule has 0 unspecified atom stereocenters. The van der Waals surface area contributed by atoms with Crippen molar-refractivity contribution in [3.63, 3.8) is 0 Å². The Morgan fingerprint density at radius 3 is 2.27 bits per heavy atom. The Balaban J connectivity index is 2.17. The van der Waals surface area contributed by atoms with E-state index in [4.69, 9.17) is 0 Å². The molecule has 0 aliphatic heterocycles. The van der Waals surface area contributed by atoms with Crippen LogP contribution in [0.4, 0.5) is 0 Å². The Labute approximate surface area is 156 Å². The molecular weight excluding hydrogens is 348 g/mol. The molecule has 0 saturated heterocycles. The normalized spacial score (nSPS) is 12.2. The zero-order chi connectivity index (χ0) is 19.5. The van der Waals surface area contributed by atoms with E-state index in [1.165, 1.54) is 31.8 Å². The van der Waals surface area contributed by atoms with Crippen LogP contribution in [0.1, 0.15) is 35.3 Å². The number of carbonyl (C=O) groups excluding carboxylic acids is 1. The molecule has 1 amide bonds. The zero-order valence-electron chi connectivity index (χ0n) is 15.9. The molecule has 0 atom stereocenters. The van der Waals surface area contributed by atoms with Gasteiger partial charge in [0.2, 0.25) is 10.0 Å². The lowest BCUT2D eigenvalue weighted by Gasteiger charge is -2.27. The Morgan fingerprint density at radius 1 is 1.08 bits per heavy atom. The molecule has 1 N–H and O–H groups in total. The Morgan fingerprint density at radius 2 is 1.69 bits per heavy atom. The van der Waals surface area contributed by atoms with Gasteiger partial charge in [-0.2, -0.15) is 0 Å². The van der Waals surface area contributed by atoms with Gasteiger partial charge in [-0.15, -0.1) is 0 Å². The van der Waals surface area contributed by atoms with Crippen LogP contribution >= 0.6 is 0 Å². The molecule has 0 aromatic heterocycles. The van der Waals surface area contributed by atoms with Gasteiger partial charge in [-0.3, -0.25) is 4.79 Å². The minimum atomic E-state index is -3.58. The van der Waals surface area contributed by atoms with Crippen molar-refractivity contribution in [2.24, 2.45) is 0 Å². The van der Waals surface area contributed by atoms with Crippen LogP contribution in [0.5, 0.6) is 0 Å². The summed E-state index contributed by atoms with van der Waals surface area (Å²) in [6, 6.07) is 14.3. The minimum absolute atomic E-state index is 0.103. The van der Waals surface area contributed by atoms with Crippen LogP contribution in [0, 0.1) is 6.92 Å². The van der Waals surface area contributed by atoms with Crippen LogP contribution in [0.3, 0.4) is 0 Å². The predicted octanol–water partition coefficient (Wildman–Crippen LogP) is 3.00. The van der Waals surface area contributed by atoms with Crippen LogP contribution in [0.15, 0.2) is 53.4 Å². The van der Waals surface area contributed by atoms with E-state index in [1.807, 2.05) is 45.0 Å². The molecule has 6 heteroatoms. The zero-order valence-corrected chi connectivity index (χ0v) is 16.7. The maximum Gasteiger partial charge on any atom is 0.251 e. The van der Waals surface area contributed by atoms with Crippen molar-refractivity contribution in [1.29, 1.82) is 0 Å². The van der Waals surface area contributed by atoms with Crippen LogP contribution in [0.25, 0.3) is 0 Å². The molecule has 0 fully saturated rings. The van der Waals surface area contributed by atoms with E-state index in [0.29, 0.717) is 12.0 Å². The fourth-order valence-electron chi connectivity index (χ4n) is 2.65. The molecule has 2 aromatic carbocycles. The molecule has 5 nitrogen and oxygen atoms in total. The van der Waals surface area contributed by atoms with E-state index in [2.05, 4.69) is 5.32 Å². The van der Waals surface area contributed by atoms with E-state index in [9.17, 15) is 13.2 Å². The summed E-state index contributed by atoms with van der Waals surface area (Å²) in [5.41, 5.74) is 2.17. The van der Waals surface area contributed by atoms with Gasteiger partial charge in [-0.25, -0.2) is 12.7 Å². The fraction of sp³-hybridized carbons (Fsp3) is 0.350. The highest BCUT2D eigenvalue weighted by atomic mass is 32.2. The average molecular weight is 375 g/mol. The van der Waals surface area contributed by atoms with Crippen molar-refractivity contribution in [3.05, 3.63) is 65.2 Å². The molecule has 0 heterocycles. The van der Waals surface area contributed by atoms with Crippen molar-refractivity contribution in [1.82, 2.24) is 9.62 Å². The van der Waals surface area contributed by atoms with Gasteiger partial charge in [0.1, 0.15) is 0 Å². The quantitative estimate of drug-likeness (QED) is 0.845. The first-order valence-electron chi connectivity index (χ1n) is 8.42. The number of aryl methyl sites for hydroxylation is 1. The summed E-state index contributed by atoms with van der Waals surface area (Å²) in [5, 5.41) is 3.00. The Kier molecular flexibility index (Phi) is 5.88. The van der Waals surface area contributed by atoms with Crippen molar-refractivity contribution < 1.29 is 13.2 Å². The molecular formula is C20H26N2O3S. The molecule has 0 aliphatic rings. The van der Waals surface area contributed by atoms with Gasteiger partial charge in [0, 0.05) is 25.2 Å². The van der Waals surface area contributed by atoms with Gasteiger partial charge < -0.3 is 5.32 Å². The summed E-state index contributed by atoms with van der Waals surface area (Å²) < 4.78 is 25.6. The maximum absolute atomic E-state index is 12.6. The first kappa shape index (κ1) is 20.1.